The average Bonchev–Trinajstić information content (AvgIpc) is 3.00. The molecule has 0 aliphatic carbocycles. The number of likely N-dealkylation sites (N-methyl/N-ethyl adjacent to an activating group) is 1. The van der Waals surface area contributed by atoms with Crippen molar-refractivity contribution in [1.29, 1.82) is 0 Å². The minimum atomic E-state index is -5.10. The number of benzene rings is 3. The van der Waals surface area contributed by atoms with Gasteiger partial charge in [0.2, 0.25) is 5.91 Å². The summed E-state index contributed by atoms with van der Waals surface area (Å²) in [4.78, 5) is 49.8. The van der Waals surface area contributed by atoms with Gasteiger partial charge in [0.05, 0.1) is 30.1 Å². The van der Waals surface area contributed by atoms with Gasteiger partial charge in [0.25, 0.3) is 5.91 Å². The van der Waals surface area contributed by atoms with Crippen LogP contribution in [-0.4, -0.2) is 49.1 Å². The predicted molar refractivity (Wildman–Crippen MR) is 167 cm³/mol. The van der Waals surface area contributed by atoms with E-state index in [0.29, 0.717) is 40.3 Å². The molecular weight excluding hydrogens is 662 g/mol. The van der Waals surface area contributed by atoms with Crippen LogP contribution < -0.4 is 25.6 Å². The molecule has 49 heavy (non-hydrogen) atoms. The van der Waals surface area contributed by atoms with E-state index in [1.54, 1.807) is 36.4 Å². The van der Waals surface area contributed by atoms with E-state index in [-0.39, 0.29) is 24.2 Å². The first-order chi connectivity index (χ1) is 22.8. The fraction of sp³-hybridized carbons (Fsp3) is 0.333. The van der Waals surface area contributed by atoms with Gasteiger partial charge in [-0.1, -0.05) is 44.2 Å². The summed E-state index contributed by atoms with van der Waals surface area (Å²) in [5.74, 6) is -2.42. The summed E-state index contributed by atoms with van der Waals surface area (Å²) in [5, 5.41) is 16.7. The summed E-state index contributed by atoms with van der Waals surface area (Å²) in [7, 11) is 1.02. The van der Waals surface area contributed by atoms with Crippen molar-refractivity contribution < 1.29 is 55.4 Å². The van der Waals surface area contributed by atoms with Gasteiger partial charge in [-0.15, -0.1) is 0 Å². The Morgan fingerprint density at radius 3 is 2.10 bits per heavy atom. The number of carbonyl (C=O) groups is 4. The Bertz CT molecular complexity index is 1630. The number of hydrogen-bond acceptors (Lipinski definition) is 5. The molecule has 3 aromatic carbocycles. The SMILES string of the molecule is CC(C)CC(NC(=O)CNC(=O)Nc1cccc(CC(=O)O)c1)c1ccccc1OCC(=O)N(C)c1cc(C(F)(F)F)cc(C(F)(F)F)c1. The molecule has 0 aliphatic rings. The second-order valence-corrected chi connectivity index (χ2v) is 11.4. The minimum Gasteiger partial charge on any atom is -0.483 e. The zero-order chi connectivity index (χ0) is 36.5. The molecule has 0 radical (unpaired) electrons. The van der Waals surface area contributed by atoms with Gasteiger partial charge in [0.1, 0.15) is 5.75 Å². The molecule has 4 N–H and O–H groups in total. The highest BCUT2D eigenvalue weighted by Gasteiger charge is 2.37. The first-order valence-electron chi connectivity index (χ1n) is 14.8. The third-order valence-electron chi connectivity index (χ3n) is 6.97. The zero-order valence-electron chi connectivity index (χ0n) is 26.5. The van der Waals surface area contributed by atoms with Gasteiger partial charge in [-0.05, 0) is 54.3 Å². The molecule has 0 saturated heterocycles. The largest absolute Gasteiger partial charge is 0.483 e. The number of halogens is 6. The Kier molecular flexibility index (Phi) is 12.6. The number of alkyl halides is 6. The molecule has 0 bridgehead atoms. The summed E-state index contributed by atoms with van der Waals surface area (Å²) in [5.41, 5.74) is -2.59. The van der Waals surface area contributed by atoms with Gasteiger partial charge in [-0.25, -0.2) is 4.79 Å². The molecule has 1 unspecified atom stereocenters. The molecule has 3 rings (SSSR count). The number of anilines is 2. The number of para-hydroxylation sites is 1. The maximum atomic E-state index is 13.3. The minimum absolute atomic E-state index is 0.0317. The van der Waals surface area contributed by atoms with Crippen LogP contribution in [-0.2, 0) is 33.2 Å². The monoisotopic (exact) mass is 696 g/mol. The van der Waals surface area contributed by atoms with Crippen LogP contribution in [0.25, 0.3) is 0 Å². The number of urea groups is 1. The number of carboxylic acid groups (broad SMARTS) is 1. The van der Waals surface area contributed by atoms with E-state index < -0.39 is 72.2 Å². The highest BCUT2D eigenvalue weighted by molar-refractivity contribution is 5.94. The summed E-state index contributed by atoms with van der Waals surface area (Å²) in [6.45, 7) is 2.56. The number of amides is 4. The van der Waals surface area contributed by atoms with Crippen molar-refractivity contribution >= 4 is 35.2 Å². The third kappa shape index (κ3) is 11.7. The smallest absolute Gasteiger partial charge is 0.416 e. The van der Waals surface area contributed by atoms with Crippen LogP contribution in [0.4, 0.5) is 42.5 Å². The molecule has 0 aromatic heterocycles. The Labute approximate surface area is 277 Å². The van der Waals surface area contributed by atoms with Gasteiger partial charge in [0, 0.05) is 24.0 Å². The molecule has 1 atom stereocenters. The number of carboxylic acids is 1. The van der Waals surface area contributed by atoms with Gasteiger partial charge < -0.3 is 30.7 Å². The van der Waals surface area contributed by atoms with E-state index >= 15 is 0 Å². The van der Waals surface area contributed by atoms with Crippen LogP contribution in [0.2, 0.25) is 0 Å². The molecule has 4 amide bonds. The highest BCUT2D eigenvalue weighted by Crippen LogP contribution is 2.38. The molecule has 0 fully saturated rings. The summed E-state index contributed by atoms with van der Waals surface area (Å²) >= 11 is 0. The molecular formula is C33H34F6N4O6. The Morgan fingerprint density at radius 2 is 1.51 bits per heavy atom. The molecule has 10 nitrogen and oxygen atoms in total. The van der Waals surface area contributed by atoms with Crippen LogP contribution in [0.3, 0.4) is 0 Å². The van der Waals surface area contributed by atoms with Crippen molar-refractivity contribution in [3.05, 3.63) is 89.0 Å². The first kappa shape index (κ1) is 38.2. The fourth-order valence-electron chi connectivity index (χ4n) is 4.66. The van der Waals surface area contributed by atoms with Crippen LogP contribution in [0.1, 0.15) is 48.6 Å². The summed E-state index contributed by atoms with van der Waals surface area (Å²) < 4.78 is 85.7. The number of aliphatic carboxylic acids is 1. The zero-order valence-corrected chi connectivity index (χ0v) is 26.5. The summed E-state index contributed by atoms with van der Waals surface area (Å²) in [6, 6.07) is 11.9. The lowest BCUT2D eigenvalue weighted by molar-refractivity contribution is -0.143. The van der Waals surface area contributed by atoms with Crippen molar-refractivity contribution in [2.24, 2.45) is 5.92 Å². The number of carbonyl (C=O) groups excluding carboxylic acids is 3. The van der Waals surface area contributed by atoms with Crippen LogP contribution in [0, 0.1) is 5.92 Å². The van der Waals surface area contributed by atoms with E-state index in [1.165, 1.54) is 12.1 Å². The van der Waals surface area contributed by atoms with E-state index in [0.717, 1.165) is 7.05 Å². The third-order valence-corrected chi connectivity index (χ3v) is 6.97. The first-order valence-corrected chi connectivity index (χ1v) is 14.8. The number of nitrogens with zero attached hydrogens (tertiary/aromatic N) is 1. The standard InChI is InChI=1S/C33H34F6N4O6/c1-19(2)11-26(42-28(44)17-40-31(48)41-23-8-6-7-20(12-23)13-30(46)47)25-9-4-5-10-27(25)49-18-29(45)43(3)24-15-21(32(34,35)36)14-22(16-24)33(37,38)39/h4-10,12,14-16,19,26H,11,13,17-18H2,1-3H3,(H,42,44)(H,46,47)(H2,40,41,48). The van der Waals surface area contributed by atoms with Crippen molar-refractivity contribution in [1.82, 2.24) is 10.6 Å². The lowest BCUT2D eigenvalue weighted by atomic mass is 9.96. The fourth-order valence-corrected chi connectivity index (χ4v) is 4.66. The summed E-state index contributed by atoms with van der Waals surface area (Å²) in [6.07, 6.45) is -10.1. The molecule has 0 spiro atoms. The van der Waals surface area contributed by atoms with Gasteiger partial charge in [-0.2, -0.15) is 26.3 Å². The van der Waals surface area contributed by atoms with E-state index in [2.05, 4.69) is 16.0 Å². The lowest BCUT2D eigenvalue weighted by Gasteiger charge is -2.24. The predicted octanol–water partition coefficient (Wildman–Crippen LogP) is 6.42. The average molecular weight is 697 g/mol. The van der Waals surface area contributed by atoms with Crippen LogP contribution in [0.15, 0.2) is 66.7 Å². The van der Waals surface area contributed by atoms with Crippen molar-refractivity contribution in [2.75, 3.05) is 30.4 Å². The van der Waals surface area contributed by atoms with E-state index in [4.69, 9.17) is 9.84 Å². The van der Waals surface area contributed by atoms with Crippen molar-refractivity contribution in [2.45, 2.75) is 45.1 Å². The van der Waals surface area contributed by atoms with Crippen molar-refractivity contribution in [3.63, 3.8) is 0 Å². The maximum Gasteiger partial charge on any atom is 0.416 e. The number of hydrogen-bond donors (Lipinski definition) is 4. The Morgan fingerprint density at radius 1 is 0.878 bits per heavy atom. The van der Waals surface area contributed by atoms with Gasteiger partial charge in [0.15, 0.2) is 6.61 Å². The maximum absolute atomic E-state index is 13.3. The van der Waals surface area contributed by atoms with E-state index in [1.807, 2.05) is 13.8 Å². The molecule has 0 aliphatic heterocycles. The molecule has 264 valence electrons. The highest BCUT2D eigenvalue weighted by atomic mass is 19.4. The normalized spacial score (nSPS) is 12.2. The Hall–Kier alpha value is -5.28. The number of nitrogens with one attached hydrogen (secondary N) is 3. The second-order valence-electron chi connectivity index (χ2n) is 11.4. The van der Waals surface area contributed by atoms with Crippen molar-refractivity contribution in [3.8, 4) is 5.75 Å². The molecule has 16 heteroatoms. The van der Waals surface area contributed by atoms with Crippen LogP contribution in [0.5, 0.6) is 5.75 Å². The lowest BCUT2D eigenvalue weighted by Crippen LogP contribution is -2.40. The molecule has 0 heterocycles. The van der Waals surface area contributed by atoms with Gasteiger partial charge >= 0.3 is 24.4 Å². The number of ether oxygens (including phenoxy) is 1. The number of rotatable bonds is 13. The topological polar surface area (TPSA) is 137 Å². The second kappa shape index (κ2) is 16.2. The molecule has 3 aromatic rings. The van der Waals surface area contributed by atoms with Gasteiger partial charge in [-0.3, -0.25) is 14.4 Å². The Balaban J connectivity index is 1.69. The quantitative estimate of drug-likeness (QED) is 0.152. The molecule has 0 saturated carbocycles. The van der Waals surface area contributed by atoms with E-state index in [9.17, 15) is 45.5 Å². The van der Waals surface area contributed by atoms with Crippen LogP contribution >= 0.6 is 0 Å².